The van der Waals surface area contributed by atoms with E-state index >= 15 is 0 Å². The van der Waals surface area contributed by atoms with E-state index in [0.29, 0.717) is 0 Å². The number of hydrogen-bond donors (Lipinski definition) is 0. The molecule has 0 aromatic rings. The monoisotopic (exact) mass is 188 g/mol. The zero-order valence-corrected chi connectivity index (χ0v) is 9.46. The summed E-state index contributed by atoms with van der Waals surface area (Å²) < 4.78 is 0. The van der Waals surface area contributed by atoms with Gasteiger partial charge in [-0.25, -0.2) is 0 Å². The van der Waals surface area contributed by atoms with E-state index in [1.165, 1.54) is 0 Å². The van der Waals surface area contributed by atoms with Crippen LogP contribution in [0.25, 0.3) is 0 Å². The third kappa shape index (κ3) is 6.24. The van der Waals surface area contributed by atoms with Gasteiger partial charge in [-0.3, -0.25) is 0 Å². The lowest BCUT2D eigenvalue weighted by atomic mass is 9.87. The van der Waals surface area contributed by atoms with Crippen molar-refractivity contribution in [2.75, 3.05) is 0 Å². The highest BCUT2D eigenvalue weighted by Gasteiger charge is 2.10. The second kappa shape index (κ2) is 6.20. The average Bonchev–Trinajstić information content (AvgIpc) is 2.09. The average molecular weight is 188 g/mol. The molecule has 0 heterocycles. The minimum Gasteiger partial charge on any atom is -0.0991 e. The minimum absolute atomic E-state index is 0.154. The molecule has 0 radical (unpaired) electrons. The summed E-state index contributed by atoms with van der Waals surface area (Å²) in [6, 6.07) is 0. The van der Waals surface area contributed by atoms with E-state index in [0.717, 1.165) is 5.57 Å². The van der Waals surface area contributed by atoms with E-state index in [-0.39, 0.29) is 5.41 Å². The van der Waals surface area contributed by atoms with Crippen LogP contribution in [0.4, 0.5) is 0 Å². The highest BCUT2D eigenvalue weighted by molar-refractivity contribution is 5.25. The largest absolute Gasteiger partial charge is 0.0991 e. The molecule has 0 saturated heterocycles. The molecule has 0 rings (SSSR count). The van der Waals surface area contributed by atoms with E-state index in [9.17, 15) is 0 Å². The summed E-state index contributed by atoms with van der Waals surface area (Å²) in [5.41, 5.74) is 1.29. The highest BCUT2D eigenvalue weighted by atomic mass is 14.2. The number of hydrogen-bond acceptors (Lipinski definition) is 0. The second-order valence-electron chi connectivity index (χ2n) is 4.14. The summed E-state index contributed by atoms with van der Waals surface area (Å²) in [5.74, 6) is 0. The lowest BCUT2D eigenvalue weighted by molar-refractivity contribution is 0.519. The van der Waals surface area contributed by atoms with Gasteiger partial charge in [0.25, 0.3) is 0 Å². The Labute approximate surface area is 88.0 Å². The van der Waals surface area contributed by atoms with Crippen molar-refractivity contribution in [1.82, 2.24) is 0 Å². The lowest BCUT2D eigenvalue weighted by Gasteiger charge is -2.18. The zero-order chi connectivity index (χ0) is 11.0. The summed E-state index contributed by atoms with van der Waals surface area (Å²) >= 11 is 0. The van der Waals surface area contributed by atoms with E-state index in [1.54, 1.807) is 6.08 Å². The molecule has 76 valence electrons. The molecule has 0 unspecified atom stereocenters. The van der Waals surface area contributed by atoms with Gasteiger partial charge >= 0.3 is 0 Å². The molecule has 0 saturated carbocycles. The first-order valence-electron chi connectivity index (χ1n) is 4.80. The van der Waals surface area contributed by atoms with Gasteiger partial charge in [-0.15, -0.1) is 0 Å². The van der Waals surface area contributed by atoms with Crippen molar-refractivity contribution >= 4 is 0 Å². The van der Waals surface area contributed by atoms with Crippen LogP contribution < -0.4 is 0 Å². The van der Waals surface area contributed by atoms with Crippen LogP contribution >= 0.6 is 0 Å². The molecule has 0 aliphatic heterocycles. The summed E-state index contributed by atoms with van der Waals surface area (Å²) in [4.78, 5) is 0. The van der Waals surface area contributed by atoms with Crippen LogP contribution in [0.3, 0.4) is 0 Å². The van der Waals surface area contributed by atoms with Gasteiger partial charge in [0, 0.05) is 0 Å². The molecule has 0 nitrogen and oxygen atoms in total. The van der Waals surface area contributed by atoms with Crippen LogP contribution in [0, 0.1) is 5.41 Å². The fraction of sp³-hybridized carbons (Fsp3) is 0.286. The van der Waals surface area contributed by atoms with Crippen LogP contribution in [-0.2, 0) is 0 Å². The van der Waals surface area contributed by atoms with Crippen molar-refractivity contribution in [3.8, 4) is 0 Å². The Balaban J connectivity index is 4.08. The van der Waals surface area contributed by atoms with Gasteiger partial charge < -0.3 is 0 Å². The molecule has 0 amide bonds. The summed E-state index contributed by atoms with van der Waals surface area (Å²) in [7, 11) is 0. The number of rotatable bonds is 4. The Kier molecular flexibility index (Phi) is 5.62. The Morgan fingerprint density at radius 3 is 1.93 bits per heavy atom. The molecule has 0 N–H and O–H groups in total. The van der Waals surface area contributed by atoms with Crippen LogP contribution in [0.15, 0.2) is 61.3 Å². The van der Waals surface area contributed by atoms with Crippen LogP contribution in [0.1, 0.15) is 20.8 Å². The molecule has 0 aromatic carbocycles. The Bertz CT molecular complexity index is 267. The fourth-order valence-corrected chi connectivity index (χ4v) is 0.693. The van der Waals surface area contributed by atoms with Gasteiger partial charge in [-0.05, 0) is 11.0 Å². The topological polar surface area (TPSA) is 0 Å². The minimum atomic E-state index is 0.154. The molecule has 0 spiro atoms. The molecule has 0 bridgehead atoms. The third-order valence-corrected chi connectivity index (χ3v) is 1.84. The van der Waals surface area contributed by atoms with Gasteiger partial charge in [0.15, 0.2) is 0 Å². The molecule has 0 aliphatic carbocycles. The third-order valence-electron chi connectivity index (χ3n) is 1.84. The first-order chi connectivity index (χ1) is 6.48. The smallest absolute Gasteiger partial charge is 0.0138 e. The van der Waals surface area contributed by atoms with Gasteiger partial charge in [-0.2, -0.15) is 0 Å². The molecule has 0 heteroatoms. The molecular formula is C14H20. The molecule has 14 heavy (non-hydrogen) atoms. The molecule has 0 atom stereocenters. The Morgan fingerprint density at radius 2 is 1.43 bits per heavy atom. The molecular weight excluding hydrogens is 168 g/mol. The predicted octanol–water partition coefficient (Wildman–Crippen LogP) is 4.44. The maximum atomic E-state index is 4.01. The first-order valence-corrected chi connectivity index (χ1v) is 4.80. The Hall–Kier alpha value is -1.30. The molecule has 0 fully saturated rings. The van der Waals surface area contributed by atoms with Crippen LogP contribution in [0.2, 0.25) is 0 Å². The predicted molar refractivity (Wildman–Crippen MR) is 66.2 cm³/mol. The van der Waals surface area contributed by atoms with E-state index in [4.69, 9.17) is 0 Å². The Morgan fingerprint density at radius 1 is 0.929 bits per heavy atom. The van der Waals surface area contributed by atoms with Crippen molar-refractivity contribution in [3.63, 3.8) is 0 Å². The van der Waals surface area contributed by atoms with Crippen molar-refractivity contribution in [3.05, 3.63) is 61.3 Å². The maximum Gasteiger partial charge on any atom is -0.0138 e. The van der Waals surface area contributed by atoms with Crippen molar-refractivity contribution in [1.29, 1.82) is 0 Å². The molecule has 0 aliphatic rings. The standard InChI is InChI=1S/C14H20/c1-6-7-8-9-10-11-12-13(2)14(3,4)5/h6-12H,1-2H2,3-5H3/b8-7+,10-9+,12-11+. The van der Waals surface area contributed by atoms with Crippen LogP contribution in [0.5, 0.6) is 0 Å². The van der Waals surface area contributed by atoms with E-state index in [2.05, 4.69) is 33.9 Å². The zero-order valence-electron chi connectivity index (χ0n) is 9.46. The van der Waals surface area contributed by atoms with Gasteiger partial charge in [-0.1, -0.05) is 76.5 Å². The normalized spacial score (nSPS) is 13.1. The summed E-state index contributed by atoms with van der Waals surface area (Å²) in [6.45, 7) is 14.1. The van der Waals surface area contributed by atoms with Crippen molar-refractivity contribution in [2.24, 2.45) is 5.41 Å². The molecule has 0 aromatic heterocycles. The van der Waals surface area contributed by atoms with Gasteiger partial charge in [0.05, 0.1) is 0 Å². The second-order valence-corrected chi connectivity index (χ2v) is 4.14. The van der Waals surface area contributed by atoms with Crippen LogP contribution in [-0.4, -0.2) is 0 Å². The summed E-state index contributed by atoms with van der Waals surface area (Å²) in [5, 5.41) is 0. The SMILES string of the molecule is C=C/C=C/C=C/C=C/C(=C)C(C)(C)C. The lowest BCUT2D eigenvalue weighted by Crippen LogP contribution is -2.05. The number of allylic oxidation sites excluding steroid dienone is 8. The highest BCUT2D eigenvalue weighted by Crippen LogP contribution is 2.23. The fourth-order valence-electron chi connectivity index (χ4n) is 0.693. The van der Waals surface area contributed by atoms with E-state index < -0.39 is 0 Å². The van der Waals surface area contributed by atoms with Crippen molar-refractivity contribution in [2.45, 2.75) is 20.8 Å². The quantitative estimate of drug-likeness (QED) is 0.572. The summed E-state index contributed by atoms with van der Waals surface area (Å²) in [6.07, 6.45) is 13.6. The van der Waals surface area contributed by atoms with Crippen molar-refractivity contribution < 1.29 is 0 Å². The van der Waals surface area contributed by atoms with Gasteiger partial charge in [0.2, 0.25) is 0 Å². The first kappa shape index (κ1) is 12.7. The maximum absolute atomic E-state index is 4.01. The van der Waals surface area contributed by atoms with E-state index in [1.807, 2.05) is 36.5 Å². The van der Waals surface area contributed by atoms with Gasteiger partial charge in [0.1, 0.15) is 0 Å².